The fourth-order valence-electron chi connectivity index (χ4n) is 2.02. The number of aromatic amines is 1. The summed E-state index contributed by atoms with van der Waals surface area (Å²) in [6.45, 7) is 0. The van der Waals surface area contributed by atoms with Crippen LogP contribution in [0.5, 0.6) is 0 Å². The lowest BCUT2D eigenvalue weighted by Crippen LogP contribution is -2.11. The number of amides is 2. The summed E-state index contributed by atoms with van der Waals surface area (Å²) in [4.78, 5) is 30.2. The topological polar surface area (TPSA) is 101 Å². The smallest absolute Gasteiger partial charge is 0.265 e. The molecule has 4 N–H and O–H groups in total. The molecule has 0 unspecified atom stereocenters. The first-order chi connectivity index (χ1) is 11.1. The fraction of sp³-hybridized carbons (Fsp3) is 0.133. The number of H-pyrrole nitrogens is 1. The maximum atomic E-state index is 11.9. The Kier molecular flexibility index (Phi) is 4.54. The molecule has 2 amide bonds. The number of nitrogens with one attached hydrogen (secondary N) is 2. The van der Waals surface area contributed by atoms with Crippen molar-refractivity contribution in [3.05, 3.63) is 45.7 Å². The van der Waals surface area contributed by atoms with Gasteiger partial charge in [0.05, 0.1) is 5.69 Å². The molecule has 3 heterocycles. The second-order valence-electron chi connectivity index (χ2n) is 4.88. The van der Waals surface area contributed by atoms with E-state index >= 15 is 0 Å². The van der Waals surface area contributed by atoms with E-state index in [0.717, 1.165) is 11.1 Å². The van der Waals surface area contributed by atoms with Crippen LogP contribution in [0, 0.1) is 0 Å². The minimum absolute atomic E-state index is 0.0657. The van der Waals surface area contributed by atoms with Crippen molar-refractivity contribution in [2.45, 2.75) is 12.8 Å². The van der Waals surface area contributed by atoms with Gasteiger partial charge in [-0.3, -0.25) is 9.59 Å². The second kappa shape index (κ2) is 6.76. The van der Waals surface area contributed by atoms with Crippen LogP contribution in [-0.4, -0.2) is 21.8 Å². The summed E-state index contributed by atoms with van der Waals surface area (Å²) in [5.41, 5.74) is 8.14. The molecule has 0 radical (unpaired) electrons. The van der Waals surface area contributed by atoms with E-state index in [1.807, 2.05) is 22.2 Å². The Hall–Kier alpha value is -2.45. The highest BCUT2D eigenvalue weighted by Gasteiger charge is 2.11. The van der Waals surface area contributed by atoms with Gasteiger partial charge in [0, 0.05) is 23.6 Å². The molecule has 0 saturated carbocycles. The van der Waals surface area contributed by atoms with Crippen molar-refractivity contribution in [3.63, 3.8) is 0 Å². The van der Waals surface area contributed by atoms with Gasteiger partial charge >= 0.3 is 0 Å². The van der Waals surface area contributed by atoms with E-state index in [1.54, 1.807) is 23.6 Å². The zero-order valence-electron chi connectivity index (χ0n) is 12.0. The standard InChI is InChI=1S/C15H14N4O2S2/c16-14(21)11-5-10(6-17-11)12-8-23-15(18-12)19-13(20)2-1-9-3-4-22-7-9/h3-8,17H,1-2H2,(H2,16,21)(H,18,19,20). The van der Waals surface area contributed by atoms with Crippen LogP contribution in [0.25, 0.3) is 11.3 Å². The molecule has 0 saturated heterocycles. The first kappa shape index (κ1) is 15.4. The van der Waals surface area contributed by atoms with Gasteiger partial charge in [-0.1, -0.05) is 0 Å². The van der Waals surface area contributed by atoms with Crippen LogP contribution >= 0.6 is 22.7 Å². The number of aromatic nitrogens is 2. The van der Waals surface area contributed by atoms with Crippen molar-refractivity contribution in [2.75, 3.05) is 5.32 Å². The zero-order chi connectivity index (χ0) is 16.2. The van der Waals surface area contributed by atoms with Gasteiger partial charge in [-0.25, -0.2) is 4.98 Å². The lowest BCUT2D eigenvalue weighted by molar-refractivity contribution is -0.116. The summed E-state index contributed by atoms with van der Waals surface area (Å²) >= 11 is 2.96. The van der Waals surface area contributed by atoms with Crippen LogP contribution in [0.2, 0.25) is 0 Å². The van der Waals surface area contributed by atoms with E-state index in [-0.39, 0.29) is 5.91 Å². The van der Waals surface area contributed by atoms with Crippen LogP contribution in [-0.2, 0) is 11.2 Å². The summed E-state index contributed by atoms with van der Waals surface area (Å²) in [5, 5.41) is 9.19. The number of hydrogen-bond acceptors (Lipinski definition) is 5. The van der Waals surface area contributed by atoms with Gasteiger partial charge in [0.1, 0.15) is 5.69 Å². The lowest BCUT2D eigenvalue weighted by atomic mass is 10.2. The molecule has 0 atom stereocenters. The van der Waals surface area contributed by atoms with Gasteiger partial charge in [-0.15, -0.1) is 11.3 Å². The number of aryl methyl sites for hydroxylation is 1. The van der Waals surface area contributed by atoms with Crippen LogP contribution in [0.15, 0.2) is 34.5 Å². The first-order valence-corrected chi connectivity index (χ1v) is 8.69. The van der Waals surface area contributed by atoms with Gasteiger partial charge in [0.2, 0.25) is 5.91 Å². The summed E-state index contributed by atoms with van der Waals surface area (Å²) in [6.07, 6.45) is 2.80. The van der Waals surface area contributed by atoms with E-state index in [1.165, 1.54) is 11.3 Å². The molecule has 0 aliphatic rings. The number of carbonyl (C=O) groups is 2. The molecule has 0 spiro atoms. The van der Waals surface area contributed by atoms with Gasteiger partial charge in [0.15, 0.2) is 5.13 Å². The Morgan fingerprint density at radius 3 is 2.91 bits per heavy atom. The number of nitrogens with zero attached hydrogens (tertiary/aromatic N) is 1. The predicted octanol–water partition coefficient (Wildman–Crippen LogP) is 2.87. The molecule has 3 aromatic rings. The van der Waals surface area contributed by atoms with Crippen LogP contribution in [0.4, 0.5) is 5.13 Å². The normalized spacial score (nSPS) is 10.6. The maximum absolute atomic E-state index is 11.9. The van der Waals surface area contributed by atoms with E-state index < -0.39 is 5.91 Å². The van der Waals surface area contributed by atoms with Gasteiger partial charge < -0.3 is 16.0 Å². The molecular weight excluding hydrogens is 332 g/mol. The lowest BCUT2D eigenvalue weighted by Gasteiger charge is -2.00. The largest absolute Gasteiger partial charge is 0.364 e. The number of thiophene rings is 1. The third kappa shape index (κ3) is 3.85. The minimum atomic E-state index is -0.520. The van der Waals surface area contributed by atoms with Crippen LogP contribution in [0.3, 0.4) is 0 Å². The Morgan fingerprint density at radius 2 is 2.22 bits per heavy atom. The molecule has 3 aromatic heterocycles. The monoisotopic (exact) mass is 346 g/mol. The summed E-state index contributed by atoms with van der Waals surface area (Å²) in [5.74, 6) is -0.586. The number of anilines is 1. The molecule has 0 aromatic carbocycles. The van der Waals surface area contributed by atoms with Gasteiger partial charge in [-0.05, 0) is 34.9 Å². The summed E-state index contributed by atoms with van der Waals surface area (Å²) in [6, 6.07) is 3.65. The van der Waals surface area contributed by atoms with Crippen LogP contribution in [0.1, 0.15) is 22.5 Å². The van der Waals surface area contributed by atoms with Crippen molar-refractivity contribution in [3.8, 4) is 11.3 Å². The fourth-order valence-corrected chi connectivity index (χ4v) is 3.46. The predicted molar refractivity (Wildman–Crippen MR) is 91.7 cm³/mol. The highest BCUT2D eigenvalue weighted by atomic mass is 32.1. The number of nitrogens with two attached hydrogens (primary N) is 1. The average Bonchev–Trinajstić information content (AvgIpc) is 3.26. The molecular formula is C15H14N4O2S2. The third-order valence-electron chi connectivity index (χ3n) is 3.22. The zero-order valence-corrected chi connectivity index (χ0v) is 13.7. The molecule has 118 valence electrons. The van der Waals surface area contributed by atoms with E-state index in [4.69, 9.17) is 5.73 Å². The number of hydrogen-bond donors (Lipinski definition) is 3. The minimum Gasteiger partial charge on any atom is -0.364 e. The molecule has 0 fully saturated rings. The summed E-state index contributed by atoms with van der Waals surface area (Å²) < 4.78 is 0. The van der Waals surface area contributed by atoms with Crippen molar-refractivity contribution in [1.29, 1.82) is 0 Å². The maximum Gasteiger partial charge on any atom is 0.265 e. The number of thiazole rings is 1. The average molecular weight is 346 g/mol. The van der Waals surface area contributed by atoms with Crippen LogP contribution < -0.4 is 11.1 Å². The SMILES string of the molecule is NC(=O)c1cc(-c2csc(NC(=O)CCc3ccsc3)n2)c[nH]1. The Morgan fingerprint density at radius 1 is 1.35 bits per heavy atom. The molecule has 0 bridgehead atoms. The van der Waals surface area contributed by atoms with Crippen molar-refractivity contribution in [1.82, 2.24) is 9.97 Å². The Bertz CT molecular complexity index is 820. The molecule has 0 aliphatic carbocycles. The van der Waals surface area contributed by atoms with Gasteiger partial charge in [-0.2, -0.15) is 11.3 Å². The Labute approximate surface area is 140 Å². The van der Waals surface area contributed by atoms with Crippen molar-refractivity contribution >= 4 is 39.6 Å². The highest BCUT2D eigenvalue weighted by molar-refractivity contribution is 7.14. The number of primary amides is 1. The molecule has 0 aliphatic heterocycles. The summed E-state index contributed by atoms with van der Waals surface area (Å²) in [7, 11) is 0. The van der Waals surface area contributed by atoms with E-state index in [2.05, 4.69) is 15.3 Å². The number of rotatable bonds is 6. The Balaban J connectivity index is 1.60. The molecule has 3 rings (SSSR count). The molecule has 8 heteroatoms. The van der Waals surface area contributed by atoms with Gasteiger partial charge in [0.25, 0.3) is 5.91 Å². The highest BCUT2D eigenvalue weighted by Crippen LogP contribution is 2.25. The third-order valence-corrected chi connectivity index (χ3v) is 4.71. The molecule has 6 nitrogen and oxygen atoms in total. The van der Waals surface area contributed by atoms with E-state index in [0.29, 0.717) is 29.4 Å². The van der Waals surface area contributed by atoms with Crippen molar-refractivity contribution in [2.24, 2.45) is 5.73 Å². The number of carbonyl (C=O) groups excluding carboxylic acids is 2. The first-order valence-electron chi connectivity index (χ1n) is 6.87. The van der Waals surface area contributed by atoms with Crippen molar-refractivity contribution < 1.29 is 9.59 Å². The quantitative estimate of drug-likeness (QED) is 0.639. The second-order valence-corrected chi connectivity index (χ2v) is 6.52. The van der Waals surface area contributed by atoms with E-state index in [9.17, 15) is 9.59 Å². The molecule has 23 heavy (non-hydrogen) atoms.